The van der Waals surface area contributed by atoms with E-state index in [0.717, 1.165) is 12.8 Å². The predicted molar refractivity (Wildman–Crippen MR) is 53.9 cm³/mol. The Morgan fingerprint density at radius 2 is 2.33 bits per heavy atom. The smallest absolute Gasteiger partial charge is 0.255 e. The Morgan fingerprint density at radius 1 is 1.60 bits per heavy atom. The number of carbonyl (C=O) groups is 1. The van der Waals surface area contributed by atoms with Crippen molar-refractivity contribution in [3.63, 3.8) is 0 Å². The number of aromatic nitrogens is 1. The Morgan fingerprint density at radius 3 is 2.80 bits per heavy atom. The van der Waals surface area contributed by atoms with Crippen LogP contribution in [0.15, 0.2) is 18.3 Å². The molecular formula is C11H13FN2O. The molecule has 1 aliphatic rings. The van der Waals surface area contributed by atoms with E-state index in [0.29, 0.717) is 18.2 Å². The zero-order chi connectivity index (χ0) is 10.8. The Kier molecular flexibility index (Phi) is 2.66. The first-order valence-electron chi connectivity index (χ1n) is 5.15. The topological polar surface area (TPSA) is 33.2 Å². The lowest BCUT2D eigenvalue weighted by atomic mass is 10.2. The third-order valence-electron chi connectivity index (χ3n) is 2.56. The number of amides is 1. The molecule has 0 bridgehead atoms. The van der Waals surface area contributed by atoms with Gasteiger partial charge in [-0.15, -0.1) is 0 Å². The van der Waals surface area contributed by atoms with Gasteiger partial charge in [0, 0.05) is 18.8 Å². The molecule has 0 unspecified atom stereocenters. The number of halogens is 1. The zero-order valence-electron chi connectivity index (χ0n) is 8.61. The third kappa shape index (κ3) is 2.14. The van der Waals surface area contributed by atoms with E-state index < -0.39 is 5.95 Å². The SMILES string of the molecule is CCN(C(=O)c1ccc(F)nc1)C1CC1. The lowest BCUT2D eigenvalue weighted by Gasteiger charge is -2.19. The summed E-state index contributed by atoms with van der Waals surface area (Å²) in [5.41, 5.74) is 0.463. The molecule has 0 radical (unpaired) electrons. The van der Waals surface area contributed by atoms with Crippen LogP contribution in [0.5, 0.6) is 0 Å². The number of hydrogen-bond donors (Lipinski definition) is 0. The Hall–Kier alpha value is -1.45. The van der Waals surface area contributed by atoms with E-state index in [2.05, 4.69) is 4.98 Å². The molecule has 80 valence electrons. The van der Waals surface area contributed by atoms with E-state index in [1.807, 2.05) is 11.8 Å². The maximum atomic E-state index is 12.6. The molecule has 0 spiro atoms. The minimum absolute atomic E-state index is 0.0486. The van der Waals surface area contributed by atoms with Crippen molar-refractivity contribution in [1.29, 1.82) is 0 Å². The molecular weight excluding hydrogens is 195 g/mol. The summed E-state index contributed by atoms with van der Waals surface area (Å²) in [5, 5.41) is 0. The van der Waals surface area contributed by atoms with Gasteiger partial charge in [0.15, 0.2) is 0 Å². The molecule has 1 saturated carbocycles. The van der Waals surface area contributed by atoms with E-state index in [9.17, 15) is 9.18 Å². The average Bonchev–Trinajstić information content (AvgIpc) is 3.04. The molecule has 0 aliphatic heterocycles. The van der Waals surface area contributed by atoms with Crippen LogP contribution in [0.25, 0.3) is 0 Å². The van der Waals surface area contributed by atoms with Crippen LogP contribution in [-0.4, -0.2) is 28.4 Å². The van der Waals surface area contributed by atoms with Gasteiger partial charge in [-0.1, -0.05) is 0 Å². The number of nitrogens with zero attached hydrogens (tertiary/aromatic N) is 2. The van der Waals surface area contributed by atoms with Crippen LogP contribution in [0.4, 0.5) is 4.39 Å². The van der Waals surface area contributed by atoms with Crippen LogP contribution >= 0.6 is 0 Å². The summed E-state index contributed by atoms with van der Waals surface area (Å²) in [6, 6.07) is 3.08. The van der Waals surface area contributed by atoms with Gasteiger partial charge >= 0.3 is 0 Å². The molecule has 1 fully saturated rings. The normalized spacial score (nSPS) is 15.1. The second kappa shape index (κ2) is 3.96. The average molecular weight is 208 g/mol. The maximum Gasteiger partial charge on any atom is 0.255 e. The number of pyridine rings is 1. The van der Waals surface area contributed by atoms with Gasteiger partial charge in [-0.3, -0.25) is 4.79 Å². The van der Waals surface area contributed by atoms with Gasteiger partial charge in [0.05, 0.1) is 5.56 Å². The minimum Gasteiger partial charge on any atom is -0.336 e. The molecule has 1 aromatic heterocycles. The quantitative estimate of drug-likeness (QED) is 0.710. The number of hydrogen-bond acceptors (Lipinski definition) is 2. The summed E-state index contributed by atoms with van der Waals surface area (Å²) in [6.45, 7) is 2.65. The van der Waals surface area contributed by atoms with E-state index in [4.69, 9.17) is 0 Å². The fraction of sp³-hybridized carbons (Fsp3) is 0.455. The molecule has 1 amide bonds. The summed E-state index contributed by atoms with van der Waals surface area (Å²) in [7, 11) is 0. The summed E-state index contributed by atoms with van der Waals surface area (Å²) >= 11 is 0. The molecule has 3 nitrogen and oxygen atoms in total. The highest BCUT2D eigenvalue weighted by Crippen LogP contribution is 2.27. The Bertz CT molecular complexity index is 359. The lowest BCUT2D eigenvalue weighted by Crippen LogP contribution is -2.32. The molecule has 1 aliphatic carbocycles. The first-order valence-corrected chi connectivity index (χ1v) is 5.15. The minimum atomic E-state index is -0.555. The maximum absolute atomic E-state index is 12.6. The van der Waals surface area contributed by atoms with Crippen LogP contribution in [0.1, 0.15) is 30.1 Å². The van der Waals surface area contributed by atoms with Crippen molar-refractivity contribution in [3.05, 3.63) is 29.8 Å². The summed E-state index contributed by atoms with van der Waals surface area (Å²) in [5.74, 6) is -0.603. The predicted octanol–water partition coefficient (Wildman–Crippen LogP) is 1.85. The monoisotopic (exact) mass is 208 g/mol. The summed E-state index contributed by atoms with van der Waals surface area (Å²) in [4.78, 5) is 17.2. The van der Waals surface area contributed by atoms with Crippen molar-refractivity contribution in [2.75, 3.05) is 6.54 Å². The molecule has 4 heteroatoms. The fourth-order valence-electron chi connectivity index (χ4n) is 1.62. The zero-order valence-corrected chi connectivity index (χ0v) is 8.61. The highest BCUT2D eigenvalue weighted by molar-refractivity contribution is 5.94. The van der Waals surface area contributed by atoms with Crippen LogP contribution in [-0.2, 0) is 0 Å². The largest absolute Gasteiger partial charge is 0.336 e. The van der Waals surface area contributed by atoms with Crippen molar-refractivity contribution in [2.24, 2.45) is 0 Å². The van der Waals surface area contributed by atoms with E-state index in [1.54, 1.807) is 0 Å². The van der Waals surface area contributed by atoms with Crippen LogP contribution in [0.3, 0.4) is 0 Å². The fourth-order valence-corrected chi connectivity index (χ4v) is 1.62. The molecule has 0 saturated heterocycles. The second-order valence-corrected chi connectivity index (χ2v) is 3.69. The molecule has 0 aromatic carbocycles. The highest BCUT2D eigenvalue weighted by Gasteiger charge is 2.31. The van der Waals surface area contributed by atoms with Gasteiger partial charge in [0.25, 0.3) is 5.91 Å². The van der Waals surface area contributed by atoms with Crippen molar-refractivity contribution in [1.82, 2.24) is 9.88 Å². The molecule has 1 aromatic rings. The van der Waals surface area contributed by atoms with Crippen molar-refractivity contribution in [3.8, 4) is 0 Å². The van der Waals surface area contributed by atoms with Gasteiger partial charge in [-0.05, 0) is 31.9 Å². The van der Waals surface area contributed by atoms with Crippen molar-refractivity contribution >= 4 is 5.91 Å². The third-order valence-corrected chi connectivity index (χ3v) is 2.56. The Labute approximate surface area is 87.9 Å². The number of carbonyl (C=O) groups excluding carboxylic acids is 1. The molecule has 15 heavy (non-hydrogen) atoms. The van der Waals surface area contributed by atoms with Gasteiger partial charge < -0.3 is 4.90 Å². The van der Waals surface area contributed by atoms with E-state index in [-0.39, 0.29) is 5.91 Å². The van der Waals surface area contributed by atoms with Gasteiger partial charge in [-0.2, -0.15) is 4.39 Å². The molecule has 0 atom stereocenters. The van der Waals surface area contributed by atoms with Crippen LogP contribution in [0, 0.1) is 5.95 Å². The molecule has 2 rings (SSSR count). The summed E-state index contributed by atoms with van der Waals surface area (Å²) < 4.78 is 12.6. The van der Waals surface area contributed by atoms with Gasteiger partial charge in [-0.25, -0.2) is 4.98 Å². The highest BCUT2D eigenvalue weighted by atomic mass is 19.1. The lowest BCUT2D eigenvalue weighted by molar-refractivity contribution is 0.0752. The van der Waals surface area contributed by atoms with Crippen LogP contribution in [0.2, 0.25) is 0 Å². The molecule has 0 N–H and O–H groups in total. The number of rotatable bonds is 3. The Balaban J connectivity index is 2.15. The first kappa shape index (κ1) is 10.1. The van der Waals surface area contributed by atoms with Crippen molar-refractivity contribution in [2.45, 2.75) is 25.8 Å². The van der Waals surface area contributed by atoms with Crippen LogP contribution < -0.4 is 0 Å². The van der Waals surface area contributed by atoms with Gasteiger partial charge in [0.2, 0.25) is 5.95 Å². The van der Waals surface area contributed by atoms with E-state index in [1.165, 1.54) is 18.3 Å². The van der Waals surface area contributed by atoms with Gasteiger partial charge in [0.1, 0.15) is 0 Å². The van der Waals surface area contributed by atoms with E-state index >= 15 is 0 Å². The summed E-state index contributed by atoms with van der Waals surface area (Å²) in [6.07, 6.45) is 3.45. The van der Waals surface area contributed by atoms with Crippen molar-refractivity contribution < 1.29 is 9.18 Å². The second-order valence-electron chi connectivity index (χ2n) is 3.69. The first-order chi connectivity index (χ1) is 7.22. The molecule has 1 heterocycles. The standard InChI is InChI=1S/C11H13FN2O/c1-2-14(9-4-5-9)11(15)8-3-6-10(12)13-7-8/h3,6-7,9H,2,4-5H2,1H3.